The van der Waals surface area contributed by atoms with Crippen LogP contribution in [-0.2, 0) is 35.1 Å². The molecule has 0 saturated heterocycles. The smallest absolute Gasteiger partial charge is 0.255 e. The maximum Gasteiger partial charge on any atom is 0.255 e. The second-order valence-electron chi connectivity index (χ2n) is 12.7. The number of anilines is 1. The molecule has 13 nitrogen and oxygen atoms in total. The van der Waals surface area contributed by atoms with Crippen LogP contribution in [0.1, 0.15) is 70.9 Å². The van der Waals surface area contributed by atoms with Crippen LogP contribution in [0.4, 0.5) is 5.69 Å². The van der Waals surface area contributed by atoms with Crippen molar-refractivity contribution in [3.05, 3.63) is 40.2 Å². The number of carbonyl (C=O) groups is 5. The summed E-state index contributed by atoms with van der Waals surface area (Å²) < 4.78 is 5.31. The number of primary amides is 1. The van der Waals surface area contributed by atoms with Gasteiger partial charge in [0, 0.05) is 58.3 Å². The van der Waals surface area contributed by atoms with Gasteiger partial charge >= 0.3 is 0 Å². The van der Waals surface area contributed by atoms with Crippen molar-refractivity contribution in [1.82, 2.24) is 4.90 Å². The normalized spacial score (nSPS) is 22.8. The number of nitrogens with zero attached hydrogens (tertiary/aromatic N) is 2. The number of ketones is 4. The van der Waals surface area contributed by atoms with Crippen LogP contribution in [0.5, 0.6) is 5.75 Å². The van der Waals surface area contributed by atoms with E-state index in [-0.39, 0.29) is 41.3 Å². The van der Waals surface area contributed by atoms with Crippen molar-refractivity contribution in [1.29, 1.82) is 0 Å². The highest BCUT2D eigenvalue weighted by atomic mass is 16.5. The molecule has 1 fully saturated rings. The summed E-state index contributed by atoms with van der Waals surface area (Å²) in [6.07, 6.45) is 5.23. The Bertz CT molecular complexity index is 1460. The van der Waals surface area contributed by atoms with Crippen molar-refractivity contribution in [2.24, 2.45) is 17.6 Å². The lowest BCUT2D eigenvalue weighted by atomic mass is 9.57. The highest BCUT2D eigenvalue weighted by molar-refractivity contribution is 6.35. The SMILES string of the molecule is CC(=O)C(C)=O.CCCCOCCCC.CN(C)c1ccc(O)c2c1C[C@H]1C[C@H]3[C@H](N(C)C)C(=O)C(C(N)=O)=C(O)[C@@]3(O)C(=O)C1=C2O. The molecule has 1 aromatic carbocycles. The molecule has 0 aliphatic heterocycles. The molecule has 0 radical (unpaired) electrons. The number of fused-ring (bicyclic) bond motifs is 3. The highest BCUT2D eigenvalue weighted by Gasteiger charge is 2.64. The van der Waals surface area contributed by atoms with Gasteiger partial charge in [0.05, 0.1) is 11.6 Å². The number of benzene rings is 1. The molecule has 13 heteroatoms. The molecular formula is C35H51N3O10. The molecule has 0 bridgehead atoms. The number of aromatic hydroxyl groups is 1. The number of aliphatic hydroxyl groups excluding tert-OH is 2. The average Bonchev–Trinajstić information content (AvgIpc) is 2.99. The molecule has 1 saturated carbocycles. The van der Waals surface area contributed by atoms with Crippen molar-refractivity contribution >= 4 is 40.5 Å². The largest absolute Gasteiger partial charge is 0.508 e. The fourth-order valence-electron chi connectivity index (χ4n) is 6.24. The number of Topliss-reactive ketones (excluding diaryl/α,β-unsaturated/α-hetero) is 4. The number of phenols is 1. The van der Waals surface area contributed by atoms with E-state index in [2.05, 4.69) is 13.8 Å². The van der Waals surface area contributed by atoms with Gasteiger partial charge in [-0.25, -0.2) is 0 Å². The molecule has 0 aromatic heterocycles. The molecule has 0 spiro atoms. The van der Waals surface area contributed by atoms with Crippen LogP contribution in [0.2, 0.25) is 0 Å². The Labute approximate surface area is 282 Å². The molecule has 3 aliphatic rings. The first-order chi connectivity index (χ1) is 22.4. The predicted molar refractivity (Wildman–Crippen MR) is 181 cm³/mol. The molecule has 266 valence electrons. The maximum absolute atomic E-state index is 13.7. The van der Waals surface area contributed by atoms with E-state index in [1.165, 1.54) is 50.5 Å². The fraction of sp³-hybridized carbons (Fsp3) is 0.571. The Hall–Kier alpha value is -4.07. The minimum absolute atomic E-state index is 0.0638. The molecule has 48 heavy (non-hydrogen) atoms. The van der Waals surface area contributed by atoms with Gasteiger partial charge in [0.1, 0.15) is 22.8 Å². The number of hydrogen-bond acceptors (Lipinski definition) is 12. The first-order valence-corrected chi connectivity index (χ1v) is 16.2. The Morgan fingerprint density at radius 1 is 0.958 bits per heavy atom. The van der Waals surface area contributed by atoms with E-state index in [0.29, 0.717) is 5.56 Å². The van der Waals surface area contributed by atoms with Gasteiger partial charge in [-0.05, 0) is 63.4 Å². The van der Waals surface area contributed by atoms with E-state index in [9.17, 15) is 44.4 Å². The summed E-state index contributed by atoms with van der Waals surface area (Å²) in [6, 6.07) is 2.01. The van der Waals surface area contributed by atoms with Crippen molar-refractivity contribution in [2.45, 2.75) is 77.9 Å². The first kappa shape index (κ1) is 40.1. The second-order valence-corrected chi connectivity index (χ2v) is 12.7. The van der Waals surface area contributed by atoms with Crippen LogP contribution in [0.3, 0.4) is 0 Å². The van der Waals surface area contributed by atoms with Crippen molar-refractivity contribution in [3.8, 4) is 5.75 Å². The third-order valence-electron chi connectivity index (χ3n) is 8.84. The van der Waals surface area contributed by atoms with E-state index < -0.39 is 58.0 Å². The zero-order valence-corrected chi connectivity index (χ0v) is 29.3. The van der Waals surface area contributed by atoms with Crippen LogP contribution < -0.4 is 10.6 Å². The number of likely N-dealkylation sites (N-methyl/N-ethyl adjacent to an activating group) is 1. The third kappa shape index (κ3) is 8.13. The highest BCUT2D eigenvalue weighted by Crippen LogP contribution is 2.53. The summed E-state index contributed by atoms with van der Waals surface area (Å²) in [7, 11) is 6.75. The average molecular weight is 674 g/mol. The van der Waals surface area contributed by atoms with E-state index in [0.717, 1.165) is 18.9 Å². The summed E-state index contributed by atoms with van der Waals surface area (Å²) in [5, 5.41) is 43.9. The predicted octanol–water partition coefficient (Wildman–Crippen LogP) is 2.80. The van der Waals surface area contributed by atoms with Crippen LogP contribution in [0.15, 0.2) is 29.0 Å². The maximum atomic E-state index is 13.7. The Balaban J connectivity index is 0.000000445. The van der Waals surface area contributed by atoms with Crippen LogP contribution >= 0.6 is 0 Å². The molecule has 4 atom stereocenters. The van der Waals surface area contributed by atoms with Gasteiger partial charge in [0.25, 0.3) is 5.91 Å². The van der Waals surface area contributed by atoms with Crippen molar-refractivity contribution in [3.63, 3.8) is 0 Å². The van der Waals surface area contributed by atoms with Gasteiger partial charge < -0.3 is 35.8 Å². The Morgan fingerprint density at radius 2 is 1.50 bits per heavy atom. The number of amides is 1. The summed E-state index contributed by atoms with van der Waals surface area (Å²) in [5.41, 5.74) is 3.15. The molecule has 4 rings (SSSR count). The third-order valence-corrected chi connectivity index (χ3v) is 8.84. The molecule has 1 aromatic rings. The number of nitrogens with two attached hydrogens (primary N) is 1. The van der Waals surface area contributed by atoms with E-state index in [1.54, 1.807) is 20.2 Å². The number of carbonyl (C=O) groups excluding carboxylic acids is 5. The zero-order valence-electron chi connectivity index (χ0n) is 29.3. The lowest BCUT2D eigenvalue weighted by Gasteiger charge is -2.50. The van der Waals surface area contributed by atoms with Gasteiger partial charge in [0.2, 0.25) is 5.78 Å². The van der Waals surface area contributed by atoms with Crippen LogP contribution in [0.25, 0.3) is 5.76 Å². The van der Waals surface area contributed by atoms with Crippen LogP contribution in [-0.4, -0.2) is 107 Å². The molecule has 1 amide bonds. The number of hydrogen-bond donors (Lipinski definition) is 5. The van der Waals surface area contributed by atoms with Gasteiger partial charge in [-0.15, -0.1) is 0 Å². The van der Waals surface area contributed by atoms with E-state index in [1.807, 2.05) is 19.0 Å². The van der Waals surface area contributed by atoms with Gasteiger partial charge in [-0.3, -0.25) is 28.9 Å². The Kier molecular flexibility index (Phi) is 14.1. The minimum Gasteiger partial charge on any atom is -0.508 e. The minimum atomic E-state index is -2.63. The monoisotopic (exact) mass is 673 g/mol. The molecule has 0 heterocycles. The van der Waals surface area contributed by atoms with Gasteiger partial charge in [-0.1, -0.05) is 26.7 Å². The topological polar surface area (TPSA) is 208 Å². The quantitative estimate of drug-likeness (QED) is 0.138. The number of phenolic OH excluding ortho intramolecular Hbond substituents is 1. The van der Waals surface area contributed by atoms with Crippen molar-refractivity contribution in [2.75, 3.05) is 46.3 Å². The number of ether oxygens (including phenoxy) is 1. The number of rotatable bonds is 10. The van der Waals surface area contributed by atoms with Gasteiger partial charge in [0.15, 0.2) is 23.0 Å². The molecule has 6 N–H and O–H groups in total. The molecule has 0 unspecified atom stereocenters. The molecular weight excluding hydrogens is 622 g/mol. The summed E-state index contributed by atoms with van der Waals surface area (Å²) >= 11 is 0. The van der Waals surface area contributed by atoms with Crippen LogP contribution in [0, 0.1) is 11.8 Å². The standard InChI is InChI=1S/C23H27N3O7.C8H18O.C4H6O2/c1-25(2)12-5-6-13(27)15-10(12)7-9-8-11-17(26(3)4)19(29)16(22(24)32)21(31)23(11,33)20(30)14(9)18(15)28;1-3-5-7-9-8-6-4-2;1-3(5)4(2)6/h5-6,9,11,17,27-28,31,33H,7-8H2,1-4H3,(H2,24,32);3-8H2,1-2H3;1-2H3/t9-,11-,17-,23-;;/m0../s1. The molecule has 3 aliphatic carbocycles. The van der Waals surface area contributed by atoms with E-state index >= 15 is 0 Å². The van der Waals surface area contributed by atoms with Crippen molar-refractivity contribution < 1.29 is 49.1 Å². The summed E-state index contributed by atoms with van der Waals surface area (Å²) in [4.78, 5) is 61.6. The van der Waals surface area contributed by atoms with E-state index in [4.69, 9.17) is 10.5 Å². The summed E-state index contributed by atoms with van der Waals surface area (Å²) in [5.74, 6) is -7.30. The Morgan fingerprint density at radius 3 is 1.94 bits per heavy atom. The summed E-state index contributed by atoms with van der Waals surface area (Å²) in [6.45, 7) is 8.78. The second kappa shape index (κ2) is 16.8. The lowest BCUT2D eigenvalue weighted by Crippen LogP contribution is -2.65. The fourth-order valence-corrected chi connectivity index (χ4v) is 6.24. The zero-order chi connectivity index (χ0) is 36.7. The first-order valence-electron chi connectivity index (χ1n) is 16.2. The van der Waals surface area contributed by atoms with Gasteiger partial charge in [-0.2, -0.15) is 0 Å². The number of aliphatic hydroxyl groups is 3. The lowest BCUT2D eigenvalue weighted by molar-refractivity contribution is -0.153. The number of unbranched alkanes of at least 4 members (excludes halogenated alkanes) is 2.